The van der Waals surface area contributed by atoms with E-state index in [0.29, 0.717) is 0 Å². The van der Waals surface area contributed by atoms with E-state index in [0.717, 1.165) is 55.0 Å². The van der Waals surface area contributed by atoms with Crippen LogP contribution < -0.4 is 0 Å². The Morgan fingerprint density at radius 2 is 2.33 bits per heavy atom. The summed E-state index contributed by atoms with van der Waals surface area (Å²) < 4.78 is 2.23. The molecule has 0 saturated carbocycles. The molecule has 1 aliphatic heterocycles. The van der Waals surface area contributed by atoms with Crippen molar-refractivity contribution in [1.82, 2.24) is 19.4 Å². The molecule has 3 aromatic rings. The Hall–Kier alpha value is -2.21. The minimum Gasteiger partial charge on any atom is -0.338 e. The number of imidazole rings is 1. The first-order valence-corrected chi connectivity index (χ1v) is 9.35. The summed E-state index contributed by atoms with van der Waals surface area (Å²) in [6.07, 6.45) is 3.82. The van der Waals surface area contributed by atoms with Crippen LogP contribution in [0.25, 0.3) is 11.2 Å². The normalized spacial score (nSPS) is 17.7. The third kappa shape index (κ3) is 2.60. The van der Waals surface area contributed by atoms with E-state index in [9.17, 15) is 4.79 Å². The summed E-state index contributed by atoms with van der Waals surface area (Å²) in [6.45, 7) is 4.61. The van der Waals surface area contributed by atoms with Crippen LogP contribution >= 0.6 is 11.3 Å². The van der Waals surface area contributed by atoms with Crippen LogP contribution in [0.4, 0.5) is 0 Å². The molecule has 0 N–H and O–H groups in total. The molecule has 24 heavy (non-hydrogen) atoms. The molecule has 1 atom stereocenters. The van der Waals surface area contributed by atoms with Crippen molar-refractivity contribution < 1.29 is 4.79 Å². The molecule has 4 heterocycles. The molecule has 0 aliphatic carbocycles. The quantitative estimate of drug-likeness (QED) is 0.730. The SMILES string of the molecule is CCCn1c([C@@H]2CCN(C(=O)c3ccsc3)C2)nc2cccnc21. The van der Waals surface area contributed by atoms with E-state index < -0.39 is 0 Å². The van der Waals surface area contributed by atoms with Gasteiger partial charge in [-0.1, -0.05) is 6.92 Å². The number of pyridine rings is 1. The number of hydrogen-bond acceptors (Lipinski definition) is 4. The first-order valence-electron chi connectivity index (χ1n) is 8.40. The molecular formula is C18H20N4OS. The van der Waals surface area contributed by atoms with Crippen LogP contribution in [-0.4, -0.2) is 38.4 Å². The number of nitrogens with zero attached hydrogens (tertiary/aromatic N) is 4. The topological polar surface area (TPSA) is 51.0 Å². The fraction of sp³-hybridized carbons (Fsp3) is 0.389. The molecule has 4 rings (SSSR count). The van der Waals surface area contributed by atoms with Crippen molar-refractivity contribution in [3.05, 3.63) is 46.5 Å². The zero-order chi connectivity index (χ0) is 16.5. The highest BCUT2D eigenvalue weighted by molar-refractivity contribution is 7.08. The van der Waals surface area contributed by atoms with Gasteiger partial charge in [0.25, 0.3) is 5.91 Å². The molecule has 0 radical (unpaired) electrons. The molecule has 0 aromatic carbocycles. The number of aromatic nitrogens is 3. The molecule has 1 fully saturated rings. The van der Waals surface area contributed by atoms with Crippen LogP contribution in [0.2, 0.25) is 0 Å². The number of rotatable bonds is 4. The van der Waals surface area contributed by atoms with E-state index in [1.165, 1.54) is 0 Å². The van der Waals surface area contributed by atoms with Gasteiger partial charge >= 0.3 is 0 Å². The van der Waals surface area contributed by atoms with Crippen LogP contribution in [0.1, 0.15) is 41.9 Å². The summed E-state index contributed by atoms with van der Waals surface area (Å²) in [6, 6.07) is 5.84. The highest BCUT2D eigenvalue weighted by atomic mass is 32.1. The van der Waals surface area contributed by atoms with E-state index in [-0.39, 0.29) is 11.8 Å². The zero-order valence-electron chi connectivity index (χ0n) is 13.7. The fourth-order valence-electron chi connectivity index (χ4n) is 3.46. The third-order valence-electron chi connectivity index (χ3n) is 4.59. The summed E-state index contributed by atoms with van der Waals surface area (Å²) in [7, 11) is 0. The van der Waals surface area contributed by atoms with E-state index in [1.807, 2.05) is 40.1 Å². The van der Waals surface area contributed by atoms with Gasteiger partial charge in [-0.25, -0.2) is 9.97 Å². The van der Waals surface area contributed by atoms with Crippen molar-refractivity contribution in [3.63, 3.8) is 0 Å². The smallest absolute Gasteiger partial charge is 0.254 e. The van der Waals surface area contributed by atoms with Crippen molar-refractivity contribution in [1.29, 1.82) is 0 Å². The summed E-state index contributed by atoms with van der Waals surface area (Å²) in [4.78, 5) is 23.9. The lowest BCUT2D eigenvalue weighted by atomic mass is 10.1. The standard InChI is InChI=1S/C18H20N4OS/c1-2-8-22-16(20-15-4-3-7-19-17(15)22)13-5-9-21(11-13)18(23)14-6-10-24-12-14/h3-4,6-7,10,12-13H,2,5,8-9,11H2,1H3/t13-/m1/s1. The van der Waals surface area contributed by atoms with Crippen LogP contribution in [0.3, 0.4) is 0 Å². The summed E-state index contributed by atoms with van der Waals surface area (Å²) >= 11 is 1.56. The van der Waals surface area contributed by atoms with Gasteiger partial charge in [-0.15, -0.1) is 0 Å². The second-order valence-corrected chi connectivity index (χ2v) is 7.00. The van der Waals surface area contributed by atoms with Gasteiger partial charge in [0.15, 0.2) is 5.65 Å². The maximum Gasteiger partial charge on any atom is 0.254 e. The predicted octanol–water partition coefficient (Wildman–Crippen LogP) is 3.53. The molecule has 1 saturated heterocycles. The molecular weight excluding hydrogens is 320 g/mol. The van der Waals surface area contributed by atoms with Gasteiger partial charge in [-0.2, -0.15) is 11.3 Å². The Morgan fingerprint density at radius 3 is 3.12 bits per heavy atom. The lowest BCUT2D eigenvalue weighted by Crippen LogP contribution is -2.28. The molecule has 0 spiro atoms. The van der Waals surface area contributed by atoms with Crippen molar-refractivity contribution >= 4 is 28.4 Å². The third-order valence-corrected chi connectivity index (χ3v) is 5.27. The molecule has 0 unspecified atom stereocenters. The Labute approximate surface area is 145 Å². The Kier molecular flexibility index (Phi) is 4.06. The summed E-state index contributed by atoms with van der Waals surface area (Å²) in [5, 5.41) is 3.87. The fourth-order valence-corrected chi connectivity index (χ4v) is 4.09. The Balaban J connectivity index is 1.62. The van der Waals surface area contributed by atoms with Crippen molar-refractivity contribution in [3.8, 4) is 0 Å². The molecule has 1 amide bonds. The maximum atomic E-state index is 12.6. The average Bonchev–Trinajstić information content (AvgIpc) is 3.34. The summed E-state index contributed by atoms with van der Waals surface area (Å²) in [5.41, 5.74) is 2.70. The van der Waals surface area contributed by atoms with E-state index in [4.69, 9.17) is 4.98 Å². The van der Waals surface area contributed by atoms with Gasteiger partial charge in [-0.05, 0) is 36.4 Å². The Morgan fingerprint density at radius 1 is 1.42 bits per heavy atom. The molecule has 124 valence electrons. The van der Waals surface area contributed by atoms with Crippen LogP contribution in [0.15, 0.2) is 35.2 Å². The van der Waals surface area contributed by atoms with Crippen molar-refractivity contribution in [2.45, 2.75) is 32.2 Å². The number of carbonyl (C=O) groups is 1. The highest BCUT2D eigenvalue weighted by Crippen LogP contribution is 2.30. The van der Waals surface area contributed by atoms with Crippen molar-refractivity contribution in [2.75, 3.05) is 13.1 Å². The van der Waals surface area contributed by atoms with Gasteiger partial charge in [0.1, 0.15) is 11.3 Å². The van der Waals surface area contributed by atoms with Crippen molar-refractivity contribution in [2.24, 2.45) is 0 Å². The number of amides is 1. The summed E-state index contributed by atoms with van der Waals surface area (Å²) in [5.74, 6) is 1.49. The van der Waals surface area contributed by atoms with Gasteiger partial charge in [0.2, 0.25) is 0 Å². The average molecular weight is 340 g/mol. The van der Waals surface area contributed by atoms with Crippen LogP contribution in [0, 0.1) is 0 Å². The van der Waals surface area contributed by atoms with Gasteiger partial charge in [0.05, 0.1) is 5.56 Å². The second kappa shape index (κ2) is 6.36. The largest absolute Gasteiger partial charge is 0.338 e. The second-order valence-electron chi connectivity index (χ2n) is 6.22. The number of aryl methyl sites for hydroxylation is 1. The lowest BCUT2D eigenvalue weighted by Gasteiger charge is -2.16. The number of thiophene rings is 1. The number of fused-ring (bicyclic) bond motifs is 1. The van der Waals surface area contributed by atoms with E-state index in [2.05, 4.69) is 16.5 Å². The number of carbonyl (C=O) groups excluding carboxylic acids is 1. The number of hydrogen-bond donors (Lipinski definition) is 0. The Bertz CT molecular complexity index is 855. The zero-order valence-corrected chi connectivity index (χ0v) is 14.5. The first-order chi connectivity index (χ1) is 11.8. The molecule has 0 bridgehead atoms. The lowest BCUT2D eigenvalue weighted by molar-refractivity contribution is 0.0791. The highest BCUT2D eigenvalue weighted by Gasteiger charge is 2.31. The number of likely N-dealkylation sites (tertiary alicyclic amines) is 1. The maximum absolute atomic E-state index is 12.6. The molecule has 6 heteroatoms. The minimum atomic E-state index is 0.134. The van der Waals surface area contributed by atoms with Gasteiger partial charge < -0.3 is 9.47 Å². The molecule has 5 nitrogen and oxygen atoms in total. The van der Waals surface area contributed by atoms with Crippen LogP contribution in [-0.2, 0) is 6.54 Å². The molecule has 3 aromatic heterocycles. The minimum absolute atomic E-state index is 0.134. The molecule has 1 aliphatic rings. The van der Waals surface area contributed by atoms with Crippen LogP contribution in [0.5, 0.6) is 0 Å². The van der Waals surface area contributed by atoms with E-state index in [1.54, 1.807) is 11.3 Å². The predicted molar refractivity (Wildman–Crippen MR) is 95.4 cm³/mol. The van der Waals surface area contributed by atoms with Gasteiger partial charge in [0, 0.05) is 37.1 Å². The van der Waals surface area contributed by atoms with Gasteiger partial charge in [-0.3, -0.25) is 4.79 Å². The van der Waals surface area contributed by atoms with E-state index >= 15 is 0 Å². The monoisotopic (exact) mass is 340 g/mol. The first kappa shape index (κ1) is 15.3.